The highest BCUT2D eigenvalue weighted by Crippen LogP contribution is 2.27. The lowest BCUT2D eigenvalue weighted by Crippen LogP contribution is -2.35. The van der Waals surface area contributed by atoms with E-state index in [1.54, 1.807) is 19.2 Å². The van der Waals surface area contributed by atoms with Crippen molar-refractivity contribution in [2.24, 2.45) is 12.0 Å². The molecule has 0 bridgehead atoms. The molecule has 1 aromatic heterocycles. The summed E-state index contributed by atoms with van der Waals surface area (Å²) in [6, 6.07) is 12.2. The zero-order valence-corrected chi connectivity index (χ0v) is 19.0. The van der Waals surface area contributed by atoms with Crippen LogP contribution in [-0.4, -0.2) is 36.3 Å². The first-order valence-corrected chi connectivity index (χ1v) is 12.3. The van der Waals surface area contributed by atoms with Gasteiger partial charge in [-0.15, -0.1) is 0 Å². The van der Waals surface area contributed by atoms with Gasteiger partial charge in [0.15, 0.2) is 4.80 Å². The lowest BCUT2D eigenvalue weighted by Gasteiger charge is -2.23. The molecule has 1 heterocycles. The van der Waals surface area contributed by atoms with E-state index in [0.29, 0.717) is 10.4 Å². The Labute approximate surface area is 180 Å². The maximum atomic E-state index is 12.9. The van der Waals surface area contributed by atoms with Gasteiger partial charge >= 0.3 is 0 Å². The number of carbonyl (C=O) groups excluding carboxylic acids is 1. The van der Waals surface area contributed by atoms with Crippen LogP contribution in [0.3, 0.4) is 0 Å². The van der Waals surface area contributed by atoms with Gasteiger partial charge in [-0.05, 0) is 55.7 Å². The molecule has 0 unspecified atom stereocenters. The van der Waals surface area contributed by atoms with Gasteiger partial charge in [0.25, 0.3) is 5.91 Å². The molecule has 6 nitrogen and oxygen atoms in total. The monoisotopic (exact) mass is 443 g/mol. The number of para-hydroxylation sites is 1. The number of aromatic nitrogens is 1. The fraction of sp³-hybridized carbons (Fsp3) is 0.364. The van der Waals surface area contributed by atoms with Crippen LogP contribution >= 0.6 is 11.3 Å². The Morgan fingerprint density at radius 2 is 1.80 bits per heavy atom. The first-order chi connectivity index (χ1) is 14.3. The lowest BCUT2D eigenvalue weighted by atomic mass is 10.2. The number of rotatable bonds is 4. The third kappa shape index (κ3) is 3.75. The number of amides is 1. The van der Waals surface area contributed by atoms with Gasteiger partial charge in [0.05, 0.1) is 15.1 Å². The van der Waals surface area contributed by atoms with E-state index in [-0.39, 0.29) is 16.8 Å². The van der Waals surface area contributed by atoms with Crippen molar-refractivity contribution in [3.8, 4) is 0 Å². The Morgan fingerprint density at radius 1 is 1.13 bits per heavy atom. The second kappa shape index (κ2) is 8.09. The molecule has 30 heavy (non-hydrogen) atoms. The highest BCUT2D eigenvalue weighted by molar-refractivity contribution is 7.89. The van der Waals surface area contributed by atoms with Crippen molar-refractivity contribution in [1.82, 2.24) is 8.87 Å². The van der Waals surface area contributed by atoms with Crippen LogP contribution in [0, 0.1) is 6.92 Å². The molecular weight excluding hydrogens is 418 g/mol. The standard InChI is InChI=1S/C22H25N3O3S2/c1-15-7-6-10-19-20(15)24(2)22(29-19)23-21(26)16-11-13-18(14-12-16)30(27,28)25(3)17-8-4-5-9-17/h6-7,10-14,17H,4-5,8-9H2,1-3H3. The van der Waals surface area contributed by atoms with E-state index in [0.717, 1.165) is 41.5 Å². The maximum Gasteiger partial charge on any atom is 0.279 e. The fourth-order valence-electron chi connectivity index (χ4n) is 4.06. The highest BCUT2D eigenvalue weighted by atomic mass is 32.2. The van der Waals surface area contributed by atoms with Crippen molar-refractivity contribution in [1.29, 1.82) is 0 Å². The molecule has 0 spiro atoms. The van der Waals surface area contributed by atoms with Gasteiger partial charge in [0.1, 0.15) is 0 Å². The molecule has 8 heteroatoms. The molecule has 0 saturated heterocycles. The molecule has 3 aromatic rings. The van der Waals surface area contributed by atoms with E-state index in [9.17, 15) is 13.2 Å². The van der Waals surface area contributed by atoms with Gasteiger partial charge in [0.2, 0.25) is 10.0 Å². The minimum absolute atomic E-state index is 0.0581. The number of aryl methyl sites for hydroxylation is 2. The van der Waals surface area contributed by atoms with Crippen LogP contribution in [0.15, 0.2) is 52.4 Å². The van der Waals surface area contributed by atoms with E-state index in [1.807, 2.05) is 36.7 Å². The molecule has 158 valence electrons. The van der Waals surface area contributed by atoms with Gasteiger partial charge < -0.3 is 4.57 Å². The Bertz CT molecular complexity index is 1270. The summed E-state index contributed by atoms with van der Waals surface area (Å²) in [5, 5.41) is 0. The normalized spacial score (nSPS) is 16.1. The summed E-state index contributed by atoms with van der Waals surface area (Å²) >= 11 is 1.46. The molecule has 0 radical (unpaired) electrons. The van der Waals surface area contributed by atoms with Gasteiger partial charge in [-0.25, -0.2) is 8.42 Å². The average Bonchev–Trinajstić information content (AvgIpc) is 3.37. The summed E-state index contributed by atoms with van der Waals surface area (Å²) < 4.78 is 30.2. The number of carbonyl (C=O) groups is 1. The second-order valence-corrected chi connectivity index (χ2v) is 10.8. The predicted molar refractivity (Wildman–Crippen MR) is 119 cm³/mol. The smallest absolute Gasteiger partial charge is 0.279 e. The van der Waals surface area contributed by atoms with Gasteiger partial charge in [-0.3, -0.25) is 4.79 Å². The lowest BCUT2D eigenvalue weighted by molar-refractivity contribution is 0.0998. The number of hydrogen-bond donors (Lipinski definition) is 0. The molecule has 2 aromatic carbocycles. The van der Waals surface area contributed by atoms with Crippen LogP contribution in [0.25, 0.3) is 10.2 Å². The quantitative estimate of drug-likeness (QED) is 0.615. The topological polar surface area (TPSA) is 71.7 Å². The first kappa shape index (κ1) is 21.0. The van der Waals surface area contributed by atoms with Gasteiger partial charge in [0, 0.05) is 25.7 Å². The minimum atomic E-state index is -3.56. The summed E-state index contributed by atoms with van der Waals surface area (Å²) in [7, 11) is -0.0259. The van der Waals surface area contributed by atoms with Crippen molar-refractivity contribution in [3.63, 3.8) is 0 Å². The zero-order valence-electron chi connectivity index (χ0n) is 17.3. The van der Waals surface area contributed by atoms with Crippen LogP contribution < -0.4 is 4.80 Å². The Kier molecular flexibility index (Phi) is 5.65. The predicted octanol–water partition coefficient (Wildman–Crippen LogP) is 3.85. The molecule has 1 aliphatic carbocycles. The van der Waals surface area contributed by atoms with Crippen LogP contribution in [0.2, 0.25) is 0 Å². The van der Waals surface area contributed by atoms with E-state index in [4.69, 9.17) is 0 Å². The average molecular weight is 444 g/mol. The molecule has 0 N–H and O–H groups in total. The van der Waals surface area contributed by atoms with E-state index in [2.05, 4.69) is 4.99 Å². The van der Waals surface area contributed by atoms with Crippen molar-refractivity contribution >= 4 is 37.5 Å². The van der Waals surface area contributed by atoms with Crippen LogP contribution in [-0.2, 0) is 17.1 Å². The van der Waals surface area contributed by atoms with E-state index >= 15 is 0 Å². The third-order valence-electron chi connectivity index (χ3n) is 5.84. The molecule has 4 rings (SSSR count). The number of benzene rings is 2. The molecular formula is C22H25N3O3S2. The minimum Gasteiger partial charge on any atom is -0.319 e. The van der Waals surface area contributed by atoms with Crippen molar-refractivity contribution in [3.05, 3.63) is 58.4 Å². The molecule has 1 amide bonds. The van der Waals surface area contributed by atoms with Crippen molar-refractivity contribution in [2.45, 2.75) is 43.5 Å². The fourth-order valence-corrected chi connectivity index (χ4v) is 6.57. The number of nitrogens with zero attached hydrogens (tertiary/aromatic N) is 3. The maximum absolute atomic E-state index is 12.9. The summed E-state index contributed by atoms with van der Waals surface area (Å²) in [6.45, 7) is 2.03. The largest absolute Gasteiger partial charge is 0.319 e. The number of sulfonamides is 1. The molecule has 1 saturated carbocycles. The SMILES string of the molecule is Cc1cccc2sc(=NC(=O)c3ccc(S(=O)(=O)N(C)C4CCCC4)cc3)n(C)c12. The van der Waals surface area contributed by atoms with Gasteiger partial charge in [-0.2, -0.15) is 9.30 Å². The number of thiazole rings is 1. The zero-order chi connectivity index (χ0) is 21.5. The Balaban J connectivity index is 1.62. The Hall–Kier alpha value is -2.29. The third-order valence-corrected chi connectivity index (χ3v) is 8.86. The summed E-state index contributed by atoms with van der Waals surface area (Å²) in [4.78, 5) is 17.8. The van der Waals surface area contributed by atoms with Crippen LogP contribution in [0.5, 0.6) is 0 Å². The summed E-state index contributed by atoms with van der Waals surface area (Å²) in [6.07, 6.45) is 3.93. The molecule has 1 aliphatic rings. The summed E-state index contributed by atoms with van der Waals surface area (Å²) in [5.74, 6) is -0.386. The summed E-state index contributed by atoms with van der Waals surface area (Å²) in [5.41, 5.74) is 2.55. The van der Waals surface area contributed by atoms with E-state index < -0.39 is 10.0 Å². The van der Waals surface area contributed by atoms with Crippen LogP contribution in [0.1, 0.15) is 41.6 Å². The second-order valence-electron chi connectivity index (χ2n) is 7.77. The van der Waals surface area contributed by atoms with Crippen molar-refractivity contribution < 1.29 is 13.2 Å². The molecule has 0 aliphatic heterocycles. The first-order valence-electron chi connectivity index (χ1n) is 10.0. The highest BCUT2D eigenvalue weighted by Gasteiger charge is 2.30. The number of fused-ring (bicyclic) bond motifs is 1. The van der Waals surface area contributed by atoms with E-state index in [1.165, 1.54) is 27.8 Å². The van der Waals surface area contributed by atoms with Crippen LogP contribution in [0.4, 0.5) is 0 Å². The molecule has 1 fully saturated rings. The molecule has 0 atom stereocenters. The number of hydrogen-bond acceptors (Lipinski definition) is 4. The van der Waals surface area contributed by atoms with Crippen molar-refractivity contribution in [2.75, 3.05) is 7.05 Å². The van der Waals surface area contributed by atoms with Gasteiger partial charge in [-0.1, -0.05) is 36.3 Å². The Morgan fingerprint density at radius 3 is 2.43 bits per heavy atom.